The summed E-state index contributed by atoms with van der Waals surface area (Å²) in [6.07, 6.45) is -0.485. The van der Waals surface area contributed by atoms with Crippen molar-refractivity contribution in [3.8, 4) is 11.5 Å². The van der Waals surface area contributed by atoms with Gasteiger partial charge in [-0.2, -0.15) is 0 Å². The second-order valence-corrected chi connectivity index (χ2v) is 5.70. The summed E-state index contributed by atoms with van der Waals surface area (Å²) in [5.74, 6) is 1.48. The molecule has 0 unspecified atom stereocenters. The summed E-state index contributed by atoms with van der Waals surface area (Å²) in [7, 11) is 0. The van der Waals surface area contributed by atoms with E-state index in [0.29, 0.717) is 0 Å². The minimum absolute atomic E-state index is 0.485. The van der Waals surface area contributed by atoms with Crippen molar-refractivity contribution in [1.29, 1.82) is 0 Å². The quantitative estimate of drug-likeness (QED) is 0.817. The largest absolute Gasteiger partial charge is 0.456 e. The van der Waals surface area contributed by atoms with Gasteiger partial charge in [-0.1, -0.05) is 28.1 Å². The molecule has 0 aliphatic carbocycles. The van der Waals surface area contributed by atoms with Gasteiger partial charge in [0, 0.05) is 4.47 Å². The third-order valence-electron chi connectivity index (χ3n) is 2.46. The van der Waals surface area contributed by atoms with Gasteiger partial charge in [-0.25, -0.2) is 0 Å². The summed E-state index contributed by atoms with van der Waals surface area (Å²) in [6, 6.07) is 13.2. The summed E-state index contributed by atoms with van der Waals surface area (Å²) in [4.78, 5) is 0. The molecule has 2 aromatic rings. The molecule has 0 bridgehead atoms. The average Bonchev–Trinajstić information content (AvgIpc) is 2.31. The molecule has 0 radical (unpaired) electrons. The van der Waals surface area contributed by atoms with Crippen molar-refractivity contribution in [2.75, 3.05) is 0 Å². The van der Waals surface area contributed by atoms with E-state index < -0.39 is 6.10 Å². The van der Waals surface area contributed by atoms with Crippen LogP contribution in [0.15, 0.2) is 51.4 Å². The zero-order chi connectivity index (χ0) is 13.1. The normalized spacial score (nSPS) is 12.2. The van der Waals surface area contributed by atoms with Crippen LogP contribution in [0.5, 0.6) is 11.5 Å². The Balaban J connectivity index is 2.24. The number of hydrogen-bond acceptors (Lipinski definition) is 2. The number of aliphatic hydroxyl groups excluding tert-OH is 1. The van der Waals surface area contributed by atoms with E-state index in [1.54, 1.807) is 6.92 Å². The molecule has 0 aromatic heterocycles. The van der Waals surface area contributed by atoms with Crippen molar-refractivity contribution in [1.82, 2.24) is 0 Å². The summed E-state index contributed by atoms with van der Waals surface area (Å²) >= 11 is 6.84. The summed E-state index contributed by atoms with van der Waals surface area (Å²) in [5, 5.41) is 9.50. The molecule has 2 aromatic carbocycles. The van der Waals surface area contributed by atoms with E-state index in [1.807, 2.05) is 42.5 Å². The van der Waals surface area contributed by atoms with Crippen molar-refractivity contribution in [3.05, 3.63) is 57.0 Å². The fraction of sp³-hybridized carbons (Fsp3) is 0.143. The van der Waals surface area contributed by atoms with Gasteiger partial charge in [0.05, 0.1) is 10.6 Å². The Morgan fingerprint density at radius 1 is 1.11 bits per heavy atom. The molecule has 2 nitrogen and oxygen atoms in total. The van der Waals surface area contributed by atoms with E-state index in [1.165, 1.54) is 0 Å². The van der Waals surface area contributed by atoms with Crippen LogP contribution in [-0.2, 0) is 0 Å². The number of rotatable bonds is 3. The molecule has 0 aliphatic rings. The van der Waals surface area contributed by atoms with Crippen LogP contribution in [0, 0.1) is 0 Å². The van der Waals surface area contributed by atoms with Crippen LogP contribution in [-0.4, -0.2) is 5.11 Å². The van der Waals surface area contributed by atoms with Crippen LogP contribution in [0.4, 0.5) is 0 Å². The van der Waals surface area contributed by atoms with E-state index in [0.717, 1.165) is 26.0 Å². The molecular weight excluding hydrogens is 360 g/mol. The molecule has 94 valence electrons. The van der Waals surface area contributed by atoms with Crippen LogP contribution in [0.3, 0.4) is 0 Å². The first-order chi connectivity index (χ1) is 8.56. The van der Waals surface area contributed by atoms with Gasteiger partial charge in [0.15, 0.2) is 0 Å². The zero-order valence-corrected chi connectivity index (χ0v) is 12.9. The number of halogens is 2. The lowest BCUT2D eigenvalue weighted by Gasteiger charge is -2.11. The Labute approximate surface area is 123 Å². The minimum Gasteiger partial charge on any atom is -0.456 e. The van der Waals surface area contributed by atoms with Crippen molar-refractivity contribution in [2.24, 2.45) is 0 Å². The van der Waals surface area contributed by atoms with Crippen molar-refractivity contribution < 1.29 is 9.84 Å². The second kappa shape index (κ2) is 5.87. The average molecular weight is 372 g/mol. The van der Waals surface area contributed by atoms with Gasteiger partial charge in [0.2, 0.25) is 0 Å². The van der Waals surface area contributed by atoms with Crippen molar-refractivity contribution in [2.45, 2.75) is 13.0 Å². The molecule has 0 saturated heterocycles. The zero-order valence-electron chi connectivity index (χ0n) is 9.73. The first-order valence-electron chi connectivity index (χ1n) is 5.47. The van der Waals surface area contributed by atoms with Gasteiger partial charge in [-0.05, 0) is 58.7 Å². The van der Waals surface area contributed by atoms with Gasteiger partial charge >= 0.3 is 0 Å². The van der Waals surface area contributed by atoms with E-state index in [2.05, 4.69) is 31.9 Å². The maximum atomic E-state index is 9.50. The number of ether oxygens (including phenoxy) is 1. The molecule has 0 fully saturated rings. The van der Waals surface area contributed by atoms with Crippen LogP contribution < -0.4 is 4.74 Å². The van der Waals surface area contributed by atoms with Crippen molar-refractivity contribution in [3.63, 3.8) is 0 Å². The Morgan fingerprint density at radius 2 is 1.89 bits per heavy atom. The highest BCUT2D eigenvalue weighted by molar-refractivity contribution is 9.10. The molecule has 18 heavy (non-hydrogen) atoms. The van der Waals surface area contributed by atoms with Crippen LogP contribution in [0.25, 0.3) is 0 Å². The second-order valence-electron chi connectivity index (χ2n) is 3.93. The SMILES string of the molecule is C[C@H](O)c1ccc(Oc2cccc(Br)c2)c(Br)c1. The van der Waals surface area contributed by atoms with E-state index in [9.17, 15) is 5.11 Å². The predicted octanol–water partition coefficient (Wildman–Crippen LogP) is 5.06. The molecule has 0 spiro atoms. The molecule has 0 amide bonds. The lowest BCUT2D eigenvalue weighted by Crippen LogP contribution is -1.92. The standard InChI is InChI=1S/C14H12Br2O2/c1-9(17)10-5-6-14(13(16)7-10)18-12-4-2-3-11(15)8-12/h2-9,17H,1H3/t9-/m0/s1. The monoisotopic (exact) mass is 370 g/mol. The maximum absolute atomic E-state index is 9.50. The number of benzene rings is 2. The smallest absolute Gasteiger partial charge is 0.141 e. The third-order valence-corrected chi connectivity index (χ3v) is 3.58. The van der Waals surface area contributed by atoms with E-state index in [4.69, 9.17) is 4.74 Å². The molecule has 1 atom stereocenters. The molecule has 2 rings (SSSR count). The predicted molar refractivity (Wildman–Crippen MR) is 79.0 cm³/mol. The number of aliphatic hydroxyl groups is 1. The number of hydrogen-bond donors (Lipinski definition) is 1. The van der Waals surface area contributed by atoms with Gasteiger partial charge in [-0.3, -0.25) is 0 Å². The lowest BCUT2D eigenvalue weighted by atomic mass is 10.1. The maximum Gasteiger partial charge on any atom is 0.141 e. The molecular formula is C14H12Br2O2. The molecule has 4 heteroatoms. The Hall–Kier alpha value is -0.840. The van der Waals surface area contributed by atoms with Crippen molar-refractivity contribution >= 4 is 31.9 Å². The molecule has 0 aliphatic heterocycles. The summed E-state index contributed by atoms with van der Waals surface area (Å²) < 4.78 is 7.56. The molecule has 1 N–H and O–H groups in total. The van der Waals surface area contributed by atoms with Gasteiger partial charge in [0.1, 0.15) is 11.5 Å². The fourth-order valence-electron chi connectivity index (χ4n) is 1.52. The van der Waals surface area contributed by atoms with Gasteiger partial charge < -0.3 is 9.84 Å². The topological polar surface area (TPSA) is 29.5 Å². The summed E-state index contributed by atoms with van der Waals surface area (Å²) in [6.45, 7) is 1.73. The van der Waals surface area contributed by atoms with E-state index in [-0.39, 0.29) is 0 Å². The highest BCUT2D eigenvalue weighted by atomic mass is 79.9. The van der Waals surface area contributed by atoms with Crippen LogP contribution in [0.1, 0.15) is 18.6 Å². The summed E-state index contributed by atoms with van der Waals surface area (Å²) in [5.41, 5.74) is 0.850. The highest BCUT2D eigenvalue weighted by Crippen LogP contribution is 2.32. The van der Waals surface area contributed by atoms with E-state index >= 15 is 0 Å². The Bertz CT molecular complexity index is 553. The lowest BCUT2D eigenvalue weighted by molar-refractivity contribution is 0.199. The fourth-order valence-corrected chi connectivity index (χ4v) is 2.37. The van der Waals surface area contributed by atoms with Crippen LogP contribution in [0.2, 0.25) is 0 Å². The molecule has 0 saturated carbocycles. The van der Waals surface area contributed by atoms with Gasteiger partial charge in [0.25, 0.3) is 0 Å². The minimum atomic E-state index is -0.485. The Morgan fingerprint density at radius 3 is 2.50 bits per heavy atom. The molecule has 0 heterocycles. The Kier molecular flexibility index (Phi) is 4.43. The highest BCUT2D eigenvalue weighted by Gasteiger charge is 2.07. The van der Waals surface area contributed by atoms with Crippen LogP contribution >= 0.6 is 31.9 Å². The first kappa shape index (κ1) is 13.6. The first-order valence-corrected chi connectivity index (χ1v) is 7.06. The third kappa shape index (κ3) is 3.34. The van der Waals surface area contributed by atoms with Gasteiger partial charge in [-0.15, -0.1) is 0 Å².